The third kappa shape index (κ3) is 9.06. The number of quaternary nitrogens is 1. The third-order valence-corrected chi connectivity index (χ3v) is 1.50. The summed E-state index contributed by atoms with van der Waals surface area (Å²) in [6.45, 7) is 1.10. The van der Waals surface area contributed by atoms with E-state index >= 15 is 0 Å². The molecule has 0 heterocycles. The topological polar surface area (TPSA) is 0 Å². The highest BCUT2D eigenvalue weighted by molar-refractivity contribution is 6.18. The summed E-state index contributed by atoms with van der Waals surface area (Å²) in [5, 5.41) is 0. The van der Waals surface area contributed by atoms with Crippen molar-refractivity contribution in [2.24, 2.45) is 0 Å². The Kier molecular flexibility index (Phi) is 8.01. The molecule has 0 atom stereocenters. The van der Waals surface area contributed by atoms with Crippen LogP contribution in [0.25, 0.3) is 0 Å². The maximum absolute atomic E-state index is 4.87. The lowest BCUT2D eigenvalue weighted by Gasteiger charge is -2.23. The highest BCUT2D eigenvalue weighted by Crippen LogP contribution is 2.04. The van der Waals surface area contributed by atoms with Crippen LogP contribution in [-0.2, 0) is 6.54 Å². The Balaban J connectivity index is 0.000000500. The van der Waals surface area contributed by atoms with Gasteiger partial charge in [-0.05, 0) is 0 Å². The molecular formula is C10H16Cl2IN+2. The lowest BCUT2D eigenvalue weighted by molar-refractivity contribution is -0.884. The van der Waals surface area contributed by atoms with Crippen LogP contribution in [-0.4, -0.2) is 25.6 Å². The standard InChI is InChI=1S/C10H16N.Cl2I/c1-11(2,3)9-10-7-5-4-6-8-10;1-3-2/h4-8H,9H2,1-3H3;/q2*+1. The summed E-state index contributed by atoms with van der Waals surface area (Å²) in [6.07, 6.45) is 0. The van der Waals surface area contributed by atoms with Crippen molar-refractivity contribution in [1.29, 1.82) is 0 Å². The van der Waals surface area contributed by atoms with E-state index in [4.69, 9.17) is 17.8 Å². The minimum absolute atomic E-state index is 0.466. The molecule has 1 aromatic rings. The van der Waals surface area contributed by atoms with E-state index < -0.39 is 18.9 Å². The molecule has 0 fully saturated rings. The maximum Gasteiger partial charge on any atom is 0.548 e. The van der Waals surface area contributed by atoms with Gasteiger partial charge < -0.3 is 4.48 Å². The summed E-state index contributed by atoms with van der Waals surface area (Å²) in [4.78, 5) is 0. The van der Waals surface area contributed by atoms with Gasteiger partial charge in [-0.25, -0.2) is 0 Å². The van der Waals surface area contributed by atoms with Crippen LogP contribution < -0.4 is 18.9 Å². The van der Waals surface area contributed by atoms with Gasteiger partial charge in [-0.1, -0.05) is 30.3 Å². The lowest BCUT2D eigenvalue weighted by Crippen LogP contribution is -3.48. The van der Waals surface area contributed by atoms with Crippen molar-refractivity contribution in [2.45, 2.75) is 6.54 Å². The quantitative estimate of drug-likeness (QED) is 0.532. The number of hydrogen-bond donors (Lipinski definition) is 0. The number of benzene rings is 1. The second-order valence-electron chi connectivity index (χ2n) is 3.99. The van der Waals surface area contributed by atoms with Gasteiger partial charge in [0.1, 0.15) is 6.54 Å². The van der Waals surface area contributed by atoms with E-state index in [-0.39, 0.29) is 0 Å². The Morgan fingerprint density at radius 3 is 1.86 bits per heavy atom. The summed E-state index contributed by atoms with van der Waals surface area (Å²) in [7, 11) is 16.4. The van der Waals surface area contributed by atoms with Gasteiger partial charge in [0.25, 0.3) is 0 Å². The molecule has 1 aromatic carbocycles. The van der Waals surface area contributed by atoms with Crippen molar-refractivity contribution >= 4 is 17.8 Å². The molecule has 0 aliphatic carbocycles. The fourth-order valence-electron chi connectivity index (χ4n) is 1.13. The second kappa shape index (κ2) is 7.74. The average Bonchev–Trinajstić information content (AvgIpc) is 2.04. The predicted octanol–water partition coefficient (Wildman–Crippen LogP) is 0.276. The Morgan fingerprint density at radius 1 is 1.07 bits per heavy atom. The van der Waals surface area contributed by atoms with Crippen LogP contribution in [0.2, 0.25) is 0 Å². The molecule has 1 nitrogen and oxygen atoms in total. The van der Waals surface area contributed by atoms with E-state index in [0.29, 0.717) is 0 Å². The molecule has 1 rings (SSSR count). The van der Waals surface area contributed by atoms with Gasteiger partial charge in [-0.2, -0.15) is 0 Å². The molecule has 14 heavy (non-hydrogen) atoms. The van der Waals surface area contributed by atoms with E-state index in [9.17, 15) is 0 Å². The SMILES string of the molecule is C[N+](C)(C)Cc1ccccc1.Cl[I+]Cl. The minimum Gasteiger partial charge on any atom is -0.327 e. The van der Waals surface area contributed by atoms with E-state index in [0.717, 1.165) is 11.0 Å². The largest absolute Gasteiger partial charge is 0.548 e. The zero-order valence-electron chi connectivity index (χ0n) is 8.67. The van der Waals surface area contributed by atoms with Gasteiger partial charge in [-0.15, -0.1) is 0 Å². The third-order valence-electron chi connectivity index (χ3n) is 1.50. The van der Waals surface area contributed by atoms with Crippen molar-refractivity contribution in [3.05, 3.63) is 35.9 Å². The minimum atomic E-state index is -0.466. The molecule has 0 amide bonds. The molecule has 0 saturated heterocycles. The van der Waals surface area contributed by atoms with Gasteiger partial charge in [0, 0.05) is 5.56 Å². The van der Waals surface area contributed by atoms with Crippen molar-refractivity contribution in [3.8, 4) is 0 Å². The van der Waals surface area contributed by atoms with Crippen LogP contribution in [0.4, 0.5) is 0 Å². The molecule has 0 saturated carbocycles. The van der Waals surface area contributed by atoms with E-state index in [1.54, 1.807) is 0 Å². The fraction of sp³-hybridized carbons (Fsp3) is 0.400. The molecule has 0 aliphatic heterocycles. The molecular weight excluding hydrogens is 332 g/mol. The molecule has 0 radical (unpaired) electrons. The molecule has 4 heteroatoms. The Morgan fingerprint density at radius 2 is 1.50 bits per heavy atom. The van der Waals surface area contributed by atoms with Crippen LogP contribution in [0.5, 0.6) is 0 Å². The zero-order chi connectivity index (χ0) is 11.0. The smallest absolute Gasteiger partial charge is 0.327 e. The summed E-state index contributed by atoms with van der Waals surface area (Å²) < 4.78 is 0.990. The number of rotatable bonds is 2. The monoisotopic (exact) mass is 347 g/mol. The van der Waals surface area contributed by atoms with Crippen LogP contribution in [0.1, 0.15) is 5.56 Å². The van der Waals surface area contributed by atoms with Crippen molar-refractivity contribution in [3.63, 3.8) is 0 Å². The Bertz CT molecular complexity index is 234. The van der Waals surface area contributed by atoms with Crippen LogP contribution in [0, 0.1) is 0 Å². The highest BCUT2D eigenvalue weighted by Gasteiger charge is 2.06. The summed E-state index contributed by atoms with van der Waals surface area (Å²) in [5.74, 6) is 0. The fourth-order valence-corrected chi connectivity index (χ4v) is 1.13. The van der Waals surface area contributed by atoms with E-state index in [1.807, 2.05) is 0 Å². The molecule has 0 bridgehead atoms. The first-order chi connectivity index (χ1) is 6.49. The number of halogens is 3. The molecule has 0 unspecified atom stereocenters. The van der Waals surface area contributed by atoms with E-state index in [1.165, 1.54) is 5.56 Å². The lowest BCUT2D eigenvalue weighted by atomic mass is 10.2. The van der Waals surface area contributed by atoms with Crippen LogP contribution in [0.15, 0.2) is 30.3 Å². The van der Waals surface area contributed by atoms with Gasteiger partial charge in [0.2, 0.25) is 17.8 Å². The Hall–Kier alpha value is 0.490. The number of hydrogen-bond acceptors (Lipinski definition) is 0. The summed E-state index contributed by atoms with van der Waals surface area (Å²) in [6, 6.07) is 10.6. The normalized spacial score (nSPS) is 10.4. The first-order valence-electron chi connectivity index (χ1n) is 4.21. The molecule has 0 spiro atoms. The van der Waals surface area contributed by atoms with Gasteiger partial charge in [-0.3, -0.25) is 0 Å². The summed E-state index contributed by atoms with van der Waals surface area (Å²) in [5.41, 5.74) is 1.40. The average molecular weight is 348 g/mol. The first kappa shape index (κ1) is 14.5. The Labute approximate surface area is 104 Å². The van der Waals surface area contributed by atoms with Crippen molar-refractivity contribution < 1.29 is 23.4 Å². The van der Waals surface area contributed by atoms with Gasteiger partial charge in [0.05, 0.1) is 21.1 Å². The van der Waals surface area contributed by atoms with Crippen LogP contribution in [0.3, 0.4) is 0 Å². The first-order valence-corrected chi connectivity index (χ1v) is 9.67. The predicted molar refractivity (Wildman–Crippen MR) is 59.9 cm³/mol. The molecule has 0 aliphatic rings. The van der Waals surface area contributed by atoms with Crippen molar-refractivity contribution in [1.82, 2.24) is 0 Å². The second-order valence-corrected chi connectivity index (χ2v) is 7.19. The zero-order valence-corrected chi connectivity index (χ0v) is 12.3. The molecule has 80 valence electrons. The number of nitrogens with zero attached hydrogens (tertiary/aromatic N) is 1. The molecule has 0 aromatic heterocycles. The van der Waals surface area contributed by atoms with Gasteiger partial charge in [0.15, 0.2) is 0 Å². The molecule has 0 N–H and O–H groups in total. The maximum atomic E-state index is 4.87. The van der Waals surface area contributed by atoms with E-state index in [2.05, 4.69) is 51.5 Å². The highest BCUT2D eigenvalue weighted by atomic mass is 127. The summed E-state index contributed by atoms with van der Waals surface area (Å²) >= 11 is -0.466. The van der Waals surface area contributed by atoms with Gasteiger partial charge >= 0.3 is 18.9 Å². The van der Waals surface area contributed by atoms with Crippen LogP contribution >= 0.6 is 17.8 Å². The van der Waals surface area contributed by atoms with Crippen molar-refractivity contribution in [2.75, 3.05) is 21.1 Å².